The van der Waals surface area contributed by atoms with Crippen LogP contribution < -0.4 is 0 Å². The minimum absolute atomic E-state index is 0.178. The van der Waals surface area contributed by atoms with Crippen molar-refractivity contribution in [1.29, 1.82) is 0 Å². The van der Waals surface area contributed by atoms with Crippen LogP contribution in [-0.2, 0) is 36.9 Å². The number of aliphatic hydroxyl groups excluding tert-OH is 1. The van der Waals surface area contributed by atoms with E-state index in [9.17, 15) is 5.11 Å². The van der Waals surface area contributed by atoms with Gasteiger partial charge in [-0.3, -0.25) is 0 Å². The summed E-state index contributed by atoms with van der Waals surface area (Å²) >= 11 is 0. The smallest absolute Gasteiger partial charge is 0.192 e. The van der Waals surface area contributed by atoms with E-state index in [-0.39, 0.29) is 36.9 Å². The van der Waals surface area contributed by atoms with E-state index in [2.05, 4.69) is 26.7 Å². The average molecular weight is 547 g/mol. The van der Waals surface area contributed by atoms with Crippen LogP contribution in [0.3, 0.4) is 0 Å². The Kier molecular flexibility index (Phi) is 9.36. The summed E-state index contributed by atoms with van der Waals surface area (Å²) in [5.74, 6) is -0.755. The zero-order valence-electron chi connectivity index (χ0n) is 23.5. The van der Waals surface area contributed by atoms with Crippen molar-refractivity contribution in [2.45, 2.75) is 82.1 Å². The molecular weight excluding hydrogens is 504 g/mol. The molecule has 6 nitrogen and oxygen atoms in total. The van der Waals surface area contributed by atoms with Crippen LogP contribution in [-0.4, -0.2) is 54.6 Å². The molecule has 1 N–H and O–H groups in total. The number of aliphatic hydroxyl groups is 1. The van der Waals surface area contributed by atoms with Crippen molar-refractivity contribution in [3.05, 3.63) is 108 Å². The number of benzene rings is 2. The lowest BCUT2D eigenvalue weighted by Gasteiger charge is -2.57. The molecule has 0 aliphatic carbocycles. The topological polar surface area (TPSA) is 66.4 Å². The molecule has 40 heavy (non-hydrogen) atoms. The second-order valence-corrected chi connectivity index (χ2v) is 11.4. The molecule has 6 heteroatoms. The van der Waals surface area contributed by atoms with Gasteiger partial charge in [-0.05, 0) is 53.0 Å². The maximum absolute atomic E-state index is 10.6. The summed E-state index contributed by atoms with van der Waals surface area (Å²) in [4.78, 5) is 0. The van der Waals surface area contributed by atoms with Gasteiger partial charge in [0.2, 0.25) is 0 Å². The van der Waals surface area contributed by atoms with E-state index in [0.29, 0.717) is 45.5 Å². The molecule has 2 aromatic carbocycles. The molecule has 0 amide bonds. The summed E-state index contributed by atoms with van der Waals surface area (Å²) in [7, 11) is 0. The van der Waals surface area contributed by atoms with E-state index in [1.165, 1.54) is 0 Å². The van der Waals surface area contributed by atoms with Gasteiger partial charge in [-0.15, -0.1) is 0 Å². The van der Waals surface area contributed by atoms with Crippen molar-refractivity contribution >= 4 is 0 Å². The van der Waals surface area contributed by atoms with Gasteiger partial charge >= 0.3 is 0 Å². The molecular formula is C34H42O6. The fourth-order valence-electron chi connectivity index (χ4n) is 5.82. The van der Waals surface area contributed by atoms with E-state index in [0.717, 1.165) is 27.8 Å². The molecule has 0 radical (unpaired) electrons. The van der Waals surface area contributed by atoms with Crippen LogP contribution in [0.1, 0.15) is 43.7 Å². The molecule has 3 aliphatic heterocycles. The van der Waals surface area contributed by atoms with Crippen molar-refractivity contribution in [1.82, 2.24) is 0 Å². The molecule has 0 saturated carbocycles. The minimum atomic E-state index is -0.933. The van der Waals surface area contributed by atoms with Crippen LogP contribution in [0, 0.1) is 5.92 Å². The van der Waals surface area contributed by atoms with Crippen molar-refractivity contribution in [3.8, 4) is 0 Å². The molecule has 3 fully saturated rings. The Bertz CT molecular complexity index is 1160. The van der Waals surface area contributed by atoms with Crippen LogP contribution >= 0.6 is 0 Å². The second-order valence-electron chi connectivity index (χ2n) is 11.4. The van der Waals surface area contributed by atoms with Crippen molar-refractivity contribution in [3.63, 3.8) is 0 Å². The molecule has 0 unspecified atom stereocenters. The molecule has 3 heterocycles. The van der Waals surface area contributed by atoms with Crippen molar-refractivity contribution < 1.29 is 28.8 Å². The third kappa shape index (κ3) is 6.65. The minimum Gasteiger partial charge on any atom is -0.391 e. The van der Waals surface area contributed by atoms with Gasteiger partial charge in [-0.1, -0.05) is 87.3 Å². The highest BCUT2D eigenvalue weighted by Crippen LogP contribution is 2.50. The van der Waals surface area contributed by atoms with Crippen LogP contribution in [0.2, 0.25) is 0 Å². The van der Waals surface area contributed by atoms with Gasteiger partial charge in [0.25, 0.3) is 0 Å². The molecule has 5 rings (SSSR count). The average Bonchev–Trinajstić information content (AvgIpc) is 2.96. The van der Waals surface area contributed by atoms with Crippen LogP contribution in [0.5, 0.6) is 0 Å². The molecule has 2 aromatic rings. The van der Waals surface area contributed by atoms with Crippen LogP contribution in [0.25, 0.3) is 0 Å². The maximum Gasteiger partial charge on any atom is 0.192 e. The Balaban J connectivity index is 1.16. The number of rotatable bonds is 12. The van der Waals surface area contributed by atoms with Crippen LogP contribution in [0.15, 0.2) is 97.1 Å². The maximum atomic E-state index is 10.6. The summed E-state index contributed by atoms with van der Waals surface area (Å²) in [5, 5.41) is 10.6. The monoisotopic (exact) mass is 546 g/mol. The van der Waals surface area contributed by atoms with Gasteiger partial charge in [-0.2, -0.15) is 0 Å². The lowest BCUT2D eigenvalue weighted by atomic mass is 9.77. The van der Waals surface area contributed by atoms with Gasteiger partial charge in [0, 0.05) is 6.42 Å². The summed E-state index contributed by atoms with van der Waals surface area (Å²) in [6.45, 7) is 16.9. The summed E-state index contributed by atoms with van der Waals surface area (Å²) < 4.78 is 31.6. The van der Waals surface area contributed by atoms with E-state index < -0.39 is 11.9 Å². The highest BCUT2D eigenvalue weighted by molar-refractivity contribution is 5.26. The number of ether oxygens (including phenoxy) is 5. The third-order valence-corrected chi connectivity index (χ3v) is 8.26. The largest absolute Gasteiger partial charge is 0.391 e. The van der Waals surface area contributed by atoms with Crippen molar-refractivity contribution in [2.24, 2.45) is 5.92 Å². The molecule has 3 aliphatic rings. The van der Waals surface area contributed by atoms with Crippen molar-refractivity contribution in [2.75, 3.05) is 13.2 Å². The predicted octanol–water partition coefficient (Wildman–Crippen LogP) is 5.91. The molecule has 0 spiro atoms. The van der Waals surface area contributed by atoms with Gasteiger partial charge in [0.05, 0.1) is 38.6 Å². The second kappa shape index (κ2) is 12.9. The molecule has 7 atom stereocenters. The van der Waals surface area contributed by atoms with Gasteiger partial charge in [0.1, 0.15) is 18.3 Å². The lowest BCUT2D eigenvalue weighted by molar-refractivity contribution is -0.356. The Morgan fingerprint density at radius 1 is 1.00 bits per heavy atom. The summed E-state index contributed by atoms with van der Waals surface area (Å²) in [6, 6.07) is 20.1. The van der Waals surface area contributed by atoms with Gasteiger partial charge in [0.15, 0.2) is 5.79 Å². The first-order valence-electron chi connectivity index (χ1n) is 14.3. The molecule has 0 aromatic heterocycles. The van der Waals surface area contributed by atoms with E-state index in [1.807, 2.05) is 60.7 Å². The van der Waals surface area contributed by atoms with Gasteiger partial charge in [-0.25, -0.2) is 0 Å². The van der Waals surface area contributed by atoms with Crippen LogP contribution in [0.4, 0.5) is 0 Å². The SMILES string of the molecule is C=C1C[C@@H]2O[C@]3(C(=C)CC[C@H](O)COCc4ccccc4)C[C@@H](C)C(=C)[C@@H](O3)[C@H]2O[C@H]1COCc1ccccc1. The van der Waals surface area contributed by atoms with E-state index in [1.54, 1.807) is 0 Å². The zero-order valence-corrected chi connectivity index (χ0v) is 23.5. The Labute approximate surface area is 238 Å². The number of fused-ring (bicyclic) bond motifs is 4. The quantitative estimate of drug-likeness (QED) is 0.334. The molecule has 2 bridgehead atoms. The first-order chi connectivity index (χ1) is 19.3. The fourth-order valence-corrected chi connectivity index (χ4v) is 5.82. The summed E-state index contributed by atoms with van der Waals surface area (Å²) in [5.41, 5.74) is 5.01. The Hall–Kier alpha value is -2.58. The Morgan fingerprint density at radius 3 is 2.33 bits per heavy atom. The molecule has 214 valence electrons. The van der Waals surface area contributed by atoms with E-state index >= 15 is 0 Å². The molecule has 3 saturated heterocycles. The normalized spacial score (nSPS) is 30.5. The zero-order chi connectivity index (χ0) is 28.1. The lowest BCUT2D eigenvalue weighted by Crippen LogP contribution is -2.64. The fraction of sp³-hybridized carbons (Fsp3) is 0.471. The number of hydrogen-bond donors (Lipinski definition) is 1. The first-order valence-corrected chi connectivity index (χ1v) is 14.3. The predicted molar refractivity (Wildman–Crippen MR) is 154 cm³/mol. The Morgan fingerprint density at radius 2 is 1.65 bits per heavy atom. The third-order valence-electron chi connectivity index (χ3n) is 8.26. The summed E-state index contributed by atoms with van der Waals surface area (Å²) in [6.07, 6.45) is 0.747. The standard InChI is InChI=1S/C34H42O6/c1-23-17-30-33(38-31(23)22-37-20-28-13-9-6-10-14-28)32-26(4)24(2)18-34(39-30,40-32)25(3)15-16-29(35)21-36-19-27-11-7-5-8-12-27/h5-14,24,29-33,35H,1,3-4,15-22H2,2H3/t24-,29+,30+,31+,32-,33+,34-/m1/s1. The highest BCUT2D eigenvalue weighted by Gasteiger charge is 2.57. The van der Waals surface area contributed by atoms with E-state index in [4.69, 9.17) is 23.7 Å². The van der Waals surface area contributed by atoms with Gasteiger partial charge < -0.3 is 28.8 Å². The number of hydrogen-bond acceptors (Lipinski definition) is 6. The highest BCUT2D eigenvalue weighted by atomic mass is 16.7. The first kappa shape index (κ1) is 28.9.